The smallest absolute Gasteiger partial charge is 0.255 e. The largest absolute Gasteiger partial charge is 0.397 e. The number of benzene rings is 2. The van der Waals surface area contributed by atoms with Crippen LogP contribution < -0.4 is 11.1 Å². The molecule has 104 valence electrons. The number of carbonyl (C=O) groups is 1. The summed E-state index contributed by atoms with van der Waals surface area (Å²) in [5.41, 5.74) is 7.86. The van der Waals surface area contributed by atoms with Gasteiger partial charge in [-0.1, -0.05) is 6.07 Å². The van der Waals surface area contributed by atoms with Gasteiger partial charge < -0.3 is 11.1 Å². The summed E-state index contributed by atoms with van der Waals surface area (Å²) >= 11 is 0. The number of nitrogens with zero attached hydrogens (tertiary/aromatic N) is 1. The fourth-order valence-electron chi connectivity index (χ4n) is 2.13. The highest BCUT2D eigenvalue weighted by atomic mass is 19.1. The molecular formula is C16H12FN3O. The molecule has 1 aromatic heterocycles. The Labute approximate surface area is 120 Å². The number of carbonyl (C=O) groups excluding carboxylic acids is 1. The van der Waals surface area contributed by atoms with Gasteiger partial charge in [0.25, 0.3) is 5.91 Å². The summed E-state index contributed by atoms with van der Waals surface area (Å²) in [6, 6.07) is 12.5. The summed E-state index contributed by atoms with van der Waals surface area (Å²) in [7, 11) is 0. The molecule has 0 aliphatic heterocycles. The highest BCUT2D eigenvalue weighted by Crippen LogP contribution is 2.26. The normalized spacial score (nSPS) is 10.5. The van der Waals surface area contributed by atoms with E-state index in [1.54, 1.807) is 30.5 Å². The number of hydrogen-bond acceptors (Lipinski definition) is 3. The quantitative estimate of drug-likeness (QED) is 0.709. The van der Waals surface area contributed by atoms with Gasteiger partial charge in [-0.2, -0.15) is 0 Å². The zero-order valence-corrected chi connectivity index (χ0v) is 11.0. The number of rotatable bonds is 2. The van der Waals surface area contributed by atoms with Gasteiger partial charge in [-0.3, -0.25) is 9.78 Å². The van der Waals surface area contributed by atoms with Crippen molar-refractivity contribution in [1.82, 2.24) is 4.98 Å². The molecule has 0 unspecified atom stereocenters. The highest BCUT2D eigenvalue weighted by molar-refractivity contribution is 6.10. The molecular weight excluding hydrogens is 269 g/mol. The maximum Gasteiger partial charge on any atom is 0.255 e. The molecule has 3 rings (SSSR count). The molecule has 0 saturated carbocycles. The fourth-order valence-corrected chi connectivity index (χ4v) is 2.13. The van der Waals surface area contributed by atoms with Crippen molar-refractivity contribution in [3.63, 3.8) is 0 Å². The second-order valence-electron chi connectivity index (χ2n) is 4.57. The van der Waals surface area contributed by atoms with E-state index >= 15 is 0 Å². The molecule has 0 radical (unpaired) electrons. The summed E-state index contributed by atoms with van der Waals surface area (Å²) in [4.78, 5) is 16.4. The number of pyridine rings is 1. The second kappa shape index (κ2) is 5.20. The van der Waals surface area contributed by atoms with Gasteiger partial charge in [0.2, 0.25) is 0 Å². The number of fused-ring (bicyclic) bond motifs is 1. The topological polar surface area (TPSA) is 68.0 Å². The lowest BCUT2D eigenvalue weighted by molar-refractivity contribution is 0.102. The fraction of sp³-hybridized carbons (Fsp3) is 0. The number of amides is 1. The van der Waals surface area contributed by atoms with E-state index in [1.807, 2.05) is 6.07 Å². The molecule has 3 N–H and O–H groups in total. The number of nitrogens with two attached hydrogens (primary N) is 1. The third-order valence-electron chi connectivity index (χ3n) is 3.14. The molecule has 0 atom stereocenters. The van der Waals surface area contributed by atoms with Crippen LogP contribution in [0.1, 0.15) is 10.4 Å². The van der Waals surface area contributed by atoms with Crippen LogP contribution in [0.4, 0.5) is 15.8 Å². The molecule has 3 aromatic rings. The summed E-state index contributed by atoms with van der Waals surface area (Å²) < 4.78 is 13.2. The predicted octanol–water partition coefficient (Wildman–Crippen LogP) is 3.21. The van der Waals surface area contributed by atoms with E-state index in [4.69, 9.17) is 5.73 Å². The first-order valence-electron chi connectivity index (χ1n) is 6.35. The lowest BCUT2D eigenvalue weighted by Gasteiger charge is -2.10. The summed E-state index contributed by atoms with van der Waals surface area (Å²) in [5, 5.41) is 3.49. The molecule has 0 aliphatic rings. The molecule has 21 heavy (non-hydrogen) atoms. The van der Waals surface area contributed by atoms with Gasteiger partial charge in [0.1, 0.15) is 5.82 Å². The van der Waals surface area contributed by atoms with Crippen LogP contribution >= 0.6 is 0 Å². The monoisotopic (exact) mass is 281 g/mol. The third-order valence-corrected chi connectivity index (χ3v) is 3.14. The molecule has 1 amide bonds. The van der Waals surface area contributed by atoms with Gasteiger partial charge in [0.15, 0.2) is 0 Å². The van der Waals surface area contributed by atoms with E-state index in [0.717, 1.165) is 5.39 Å². The predicted molar refractivity (Wildman–Crippen MR) is 80.5 cm³/mol. The molecule has 0 fully saturated rings. The van der Waals surface area contributed by atoms with Crippen molar-refractivity contribution < 1.29 is 9.18 Å². The molecule has 0 aliphatic carbocycles. The van der Waals surface area contributed by atoms with E-state index in [1.165, 1.54) is 18.2 Å². The number of nitrogens with one attached hydrogen (secondary N) is 1. The molecule has 0 saturated heterocycles. The van der Waals surface area contributed by atoms with Gasteiger partial charge in [0.05, 0.1) is 16.9 Å². The Bertz CT molecular complexity index is 833. The number of halogens is 1. The Morgan fingerprint density at radius 1 is 1.14 bits per heavy atom. The van der Waals surface area contributed by atoms with Crippen molar-refractivity contribution in [2.24, 2.45) is 0 Å². The Balaban J connectivity index is 1.99. The van der Waals surface area contributed by atoms with Crippen LogP contribution in [0.15, 0.2) is 54.7 Å². The first-order valence-corrected chi connectivity index (χ1v) is 6.35. The standard InChI is InChI=1S/C16H12FN3O/c17-11-4-1-3-10(9-11)16(21)20-14-7-6-13(18)15-12(14)5-2-8-19-15/h1-9H,18H2,(H,20,21). The Hall–Kier alpha value is -2.95. The summed E-state index contributed by atoms with van der Waals surface area (Å²) in [5.74, 6) is -0.837. The van der Waals surface area contributed by atoms with Crippen molar-refractivity contribution in [3.05, 3.63) is 66.1 Å². The van der Waals surface area contributed by atoms with E-state index in [0.29, 0.717) is 16.9 Å². The lowest BCUT2D eigenvalue weighted by Crippen LogP contribution is -2.12. The minimum absolute atomic E-state index is 0.254. The molecule has 1 heterocycles. The minimum atomic E-state index is -0.452. The average Bonchev–Trinajstić information content (AvgIpc) is 2.50. The zero-order valence-electron chi connectivity index (χ0n) is 11.0. The minimum Gasteiger partial charge on any atom is -0.397 e. The number of aromatic nitrogens is 1. The van der Waals surface area contributed by atoms with E-state index in [-0.39, 0.29) is 11.5 Å². The van der Waals surface area contributed by atoms with Crippen molar-refractivity contribution in [3.8, 4) is 0 Å². The second-order valence-corrected chi connectivity index (χ2v) is 4.57. The number of anilines is 2. The summed E-state index contributed by atoms with van der Waals surface area (Å²) in [6.45, 7) is 0. The number of hydrogen-bond donors (Lipinski definition) is 2. The van der Waals surface area contributed by atoms with Crippen LogP contribution in [0.3, 0.4) is 0 Å². The molecule has 4 nitrogen and oxygen atoms in total. The van der Waals surface area contributed by atoms with Crippen molar-refractivity contribution >= 4 is 28.2 Å². The Morgan fingerprint density at radius 2 is 2.00 bits per heavy atom. The van der Waals surface area contributed by atoms with Crippen LogP contribution in [0.5, 0.6) is 0 Å². The highest BCUT2D eigenvalue weighted by Gasteiger charge is 2.10. The van der Waals surface area contributed by atoms with Crippen molar-refractivity contribution in [2.75, 3.05) is 11.1 Å². The summed E-state index contributed by atoms with van der Waals surface area (Å²) in [6.07, 6.45) is 1.64. The van der Waals surface area contributed by atoms with Crippen LogP contribution in [0.2, 0.25) is 0 Å². The average molecular weight is 281 g/mol. The first kappa shape index (κ1) is 13.1. The van der Waals surface area contributed by atoms with Gasteiger partial charge in [-0.15, -0.1) is 0 Å². The SMILES string of the molecule is Nc1ccc(NC(=O)c2cccc(F)c2)c2cccnc12. The van der Waals surface area contributed by atoms with E-state index in [2.05, 4.69) is 10.3 Å². The van der Waals surface area contributed by atoms with Crippen molar-refractivity contribution in [2.45, 2.75) is 0 Å². The van der Waals surface area contributed by atoms with E-state index in [9.17, 15) is 9.18 Å². The van der Waals surface area contributed by atoms with Gasteiger partial charge in [0, 0.05) is 17.1 Å². The first-order chi connectivity index (χ1) is 10.1. The zero-order chi connectivity index (χ0) is 14.8. The third kappa shape index (κ3) is 2.53. The molecule has 5 heteroatoms. The van der Waals surface area contributed by atoms with Crippen LogP contribution in [0.25, 0.3) is 10.9 Å². The molecule has 0 spiro atoms. The Kier molecular flexibility index (Phi) is 3.23. The van der Waals surface area contributed by atoms with Crippen LogP contribution in [-0.2, 0) is 0 Å². The lowest BCUT2D eigenvalue weighted by atomic mass is 10.1. The Morgan fingerprint density at radius 3 is 2.81 bits per heavy atom. The number of nitrogen functional groups attached to an aromatic ring is 1. The van der Waals surface area contributed by atoms with Gasteiger partial charge in [-0.25, -0.2) is 4.39 Å². The maximum absolute atomic E-state index is 13.2. The molecule has 2 aromatic carbocycles. The van der Waals surface area contributed by atoms with E-state index < -0.39 is 5.82 Å². The van der Waals surface area contributed by atoms with Crippen molar-refractivity contribution in [1.29, 1.82) is 0 Å². The van der Waals surface area contributed by atoms with Crippen LogP contribution in [0, 0.1) is 5.82 Å². The van der Waals surface area contributed by atoms with Gasteiger partial charge >= 0.3 is 0 Å². The maximum atomic E-state index is 13.2. The van der Waals surface area contributed by atoms with Crippen LogP contribution in [-0.4, -0.2) is 10.9 Å². The molecule has 0 bridgehead atoms. The van der Waals surface area contributed by atoms with Gasteiger partial charge in [-0.05, 0) is 42.5 Å².